The third-order valence-electron chi connectivity index (χ3n) is 5.50. The van der Waals surface area contributed by atoms with E-state index in [4.69, 9.17) is 0 Å². The van der Waals surface area contributed by atoms with Crippen LogP contribution < -0.4 is 4.90 Å². The van der Waals surface area contributed by atoms with E-state index in [1.54, 1.807) is 0 Å². The average Bonchev–Trinajstić information content (AvgIpc) is 3.05. The van der Waals surface area contributed by atoms with E-state index in [1.807, 2.05) is 86.6 Å². The van der Waals surface area contributed by atoms with Gasteiger partial charge in [0.25, 0.3) is 11.8 Å². The van der Waals surface area contributed by atoms with Gasteiger partial charge in [-0.3, -0.25) is 9.59 Å². The van der Waals surface area contributed by atoms with Gasteiger partial charge in [0.1, 0.15) is 0 Å². The number of aryl methyl sites for hydroxylation is 3. The van der Waals surface area contributed by atoms with Crippen molar-refractivity contribution in [2.45, 2.75) is 49.8 Å². The van der Waals surface area contributed by atoms with Crippen molar-refractivity contribution in [3.05, 3.63) is 99.3 Å². The Morgan fingerprint density at radius 3 is 1.55 bits per heavy atom. The Labute approximate surface area is 204 Å². The van der Waals surface area contributed by atoms with E-state index in [0.717, 1.165) is 40.2 Å². The lowest BCUT2D eigenvalue weighted by molar-refractivity contribution is -0.120. The molecule has 33 heavy (non-hydrogen) atoms. The number of hydrogen-bond donors (Lipinski definition) is 0. The maximum atomic E-state index is 13.5. The van der Waals surface area contributed by atoms with Crippen LogP contribution in [0.25, 0.3) is 0 Å². The molecule has 2 amide bonds. The summed E-state index contributed by atoms with van der Waals surface area (Å²) in [5.74, 6) is -0.525. The Morgan fingerprint density at radius 1 is 0.667 bits per heavy atom. The molecule has 5 heteroatoms. The van der Waals surface area contributed by atoms with Crippen LogP contribution in [0.3, 0.4) is 0 Å². The Kier molecular flexibility index (Phi) is 7.41. The van der Waals surface area contributed by atoms with Gasteiger partial charge in [-0.15, -0.1) is 0 Å². The summed E-state index contributed by atoms with van der Waals surface area (Å²) >= 11 is 2.72. The van der Waals surface area contributed by atoms with Crippen LogP contribution in [0.4, 0.5) is 5.69 Å². The molecule has 0 radical (unpaired) electrons. The van der Waals surface area contributed by atoms with E-state index in [9.17, 15) is 9.59 Å². The van der Waals surface area contributed by atoms with Crippen LogP contribution in [-0.2, 0) is 16.0 Å². The first-order valence-electron chi connectivity index (χ1n) is 11.2. The number of amides is 2. The highest BCUT2D eigenvalue weighted by Gasteiger charge is 2.40. The standard InChI is InChI=1S/C28H27NO2S2/c1-4-5-6-21-11-13-22(14-12-21)29-27(30)25(32-23-15-7-19(2)8-16-23)26(28(29)31)33-24-17-9-20(3)10-18-24/h7-18H,4-6H2,1-3H3. The largest absolute Gasteiger partial charge is 0.273 e. The zero-order chi connectivity index (χ0) is 23.4. The first kappa shape index (κ1) is 23.4. The Bertz CT molecular complexity index is 1110. The number of imide groups is 1. The summed E-state index contributed by atoms with van der Waals surface area (Å²) < 4.78 is 0. The highest BCUT2D eigenvalue weighted by Crippen LogP contribution is 2.44. The molecule has 0 N–H and O–H groups in total. The number of hydrogen-bond acceptors (Lipinski definition) is 4. The van der Waals surface area contributed by atoms with Crippen molar-refractivity contribution in [1.29, 1.82) is 0 Å². The van der Waals surface area contributed by atoms with E-state index in [1.165, 1.54) is 34.0 Å². The lowest BCUT2D eigenvalue weighted by Gasteiger charge is -2.15. The molecule has 1 aliphatic rings. The highest BCUT2D eigenvalue weighted by molar-refractivity contribution is 8.08. The molecular weight excluding hydrogens is 446 g/mol. The van der Waals surface area contributed by atoms with Gasteiger partial charge in [0.15, 0.2) is 0 Å². The summed E-state index contributed by atoms with van der Waals surface area (Å²) in [6.45, 7) is 6.23. The van der Waals surface area contributed by atoms with Crippen molar-refractivity contribution in [1.82, 2.24) is 0 Å². The number of carbonyl (C=O) groups excluding carboxylic acids is 2. The van der Waals surface area contributed by atoms with Gasteiger partial charge in [0.05, 0.1) is 15.5 Å². The van der Waals surface area contributed by atoms with Gasteiger partial charge < -0.3 is 0 Å². The van der Waals surface area contributed by atoms with Gasteiger partial charge in [0.2, 0.25) is 0 Å². The van der Waals surface area contributed by atoms with E-state index >= 15 is 0 Å². The van der Waals surface area contributed by atoms with Crippen LogP contribution >= 0.6 is 23.5 Å². The molecule has 0 aromatic heterocycles. The van der Waals surface area contributed by atoms with Crippen LogP contribution in [0.1, 0.15) is 36.5 Å². The molecule has 3 aromatic rings. The Morgan fingerprint density at radius 2 is 1.12 bits per heavy atom. The predicted octanol–water partition coefficient (Wildman–Crippen LogP) is 7.32. The van der Waals surface area contributed by atoms with E-state index in [0.29, 0.717) is 15.5 Å². The highest BCUT2D eigenvalue weighted by atomic mass is 32.2. The molecule has 0 unspecified atom stereocenters. The van der Waals surface area contributed by atoms with Crippen molar-refractivity contribution < 1.29 is 9.59 Å². The fraction of sp³-hybridized carbons (Fsp3) is 0.214. The molecule has 0 saturated heterocycles. The molecule has 3 nitrogen and oxygen atoms in total. The number of carbonyl (C=O) groups is 2. The summed E-state index contributed by atoms with van der Waals surface area (Å²) in [6.07, 6.45) is 3.26. The number of rotatable bonds is 8. The summed E-state index contributed by atoms with van der Waals surface area (Å²) in [5, 5.41) is 0. The van der Waals surface area contributed by atoms with Crippen LogP contribution in [0.5, 0.6) is 0 Å². The summed E-state index contributed by atoms with van der Waals surface area (Å²) in [6, 6.07) is 23.8. The lowest BCUT2D eigenvalue weighted by Crippen LogP contribution is -2.31. The molecule has 0 spiro atoms. The Hall–Kier alpha value is -2.76. The van der Waals surface area contributed by atoms with Gasteiger partial charge in [-0.1, -0.05) is 84.4 Å². The molecule has 0 fully saturated rings. The van der Waals surface area contributed by atoms with Crippen LogP contribution in [0, 0.1) is 13.8 Å². The fourth-order valence-corrected chi connectivity index (χ4v) is 5.53. The van der Waals surface area contributed by atoms with Crippen LogP contribution in [0.2, 0.25) is 0 Å². The maximum Gasteiger partial charge on any atom is 0.273 e. The predicted molar refractivity (Wildman–Crippen MR) is 139 cm³/mol. The molecule has 1 aliphatic heterocycles. The molecule has 0 aliphatic carbocycles. The van der Waals surface area contributed by atoms with E-state index < -0.39 is 0 Å². The summed E-state index contributed by atoms with van der Waals surface area (Å²) in [7, 11) is 0. The van der Waals surface area contributed by atoms with Crippen LogP contribution in [0.15, 0.2) is 92.4 Å². The van der Waals surface area contributed by atoms with E-state index in [-0.39, 0.29) is 11.8 Å². The normalized spacial score (nSPS) is 13.8. The number of unbranched alkanes of at least 4 members (excludes halogenated alkanes) is 1. The first-order chi connectivity index (χ1) is 16.0. The minimum absolute atomic E-state index is 0.263. The minimum Gasteiger partial charge on any atom is -0.268 e. The molecule has 4 rings (SSSR count). The minimum atomic E-state index is -0.263. The van der Waals surface area contributed by atoms with Crippen molar-refractivity contribution in [3.63, 3.8) is 0 Å². The smallest absolute Gasteiger partial charge is 0.268 e. The maximum absolute atomic E-state index is 13.5. The summed E-state index contributed by atoms with van der Waals surface area (Å²) in [4.78, 5) is 31.2. The van der Waals surface area contributed by atoms with Gasteiger partial charge >= 0.3 is 0 Å². The summed E-state index contributed by atoms with van der Waals surface area (Å²) in [5.41, 5.74) is 4.14. The van der Waals surface area contributed by atoms with Crippen molar-refractivity contribution in [3.8, 4) is 0 Å². The second-order valence-electron chi connectivity index (χ2n) is 8.20. The monoisotopic (exact) mass is 473 g/mol. The second kappa shape index (κ2) is 10.4. The van der Waals surface area contributed by atoms with E-state index in [2.05, 4.69) is 6.92 Å². The average molecular weight is 474 g/mol. The lowest BCUT2D eigenvalue weighted by atomic mass is 10.1. The van der Waals surface area contributed by atoms with Gasteiger partial charge in [-0.2, -0.15) is 0 Å². The topological polar surface area (TPSA) is 37.4 Å². The molecule has 168 valence electrons. The number of nitrogens with zero attached hydrogens (tertiary/aromatic N) is 1. The molecule has 1 heterocycles. The number of anilines is 1. The zero-order valence-electron chi connectivity index (χ0n) is 19.1. The van der Waals surface area contributed by atoms with Gasteiger partial charge in [-0.25, -0.2) is 4.90 Å². The van der Waals surface area contributed by atoms with Crippen molar-refractivity contribution >= 4 is 41.0 Å². The molecule has 0 bridgehead atoms. The first-order valence-corrected chi connectivity index (χ1v) is 12.8. The third kappa shape index (κ3) is 5.43. The molecule has 0 atom stereocenters. The number of benzene rings is 3. The third-order valence-corrected chi connectivity index (χ3v) is 7.81. The quantitative estimate of drug-likeness (QED) is 0.321. The second-order valence-corrected chi connectivity index (χ2v) is 10.4. The molecule has 3 aromatic carbocycles. The number of thioether (sulfide) groups is 2. The SMILES string of the molecule is CCCCc1ccc(N2C(=O)C(Sc3ccc(C)cc3)=C(Sc3ccc(C)cc3)C2=O)cc1. The molecule has 0 saturated carbocycles. The Balaban J connectivity index is 1.66. The zero-order valence-corrected chi connectivity index (χ0v) is 20.8. The van der Waals surface area contributed by atoms with Crippen molar-refractivity contribution in [2.75, 3.05) is 4.90 Å². The van der Waals surface area contributed by atoms with Gasteiger partial charge in [0, 0.05) is 9.79 Å². The van der Waals surface area contributed by atoms with Crippen LogP contribution in [-0.4, -0.2) is 11.8 Å². The van der Waals surface area contributed by atoms with Crippen molar-refractivity contribution in [2.24, 2.45) is 0 Å². The fourth-order valence-electron chi connectivity index (χ4n) is 3.54. The van der Waals surface area contributed by atoms with Gasteiger partial charge in [-0.05, 0) is 68.7 Å². The molecular formula is C28H27NO2S2.